The predicted molar refractivity (Wildman–Crippen MR) is 140 cm³/mol. The van der Waals surface area contributed by atoms with E-state index in [0.29, 0.717) is 69.3 Å². The third-order valence-corrected chi connectivity index (χ3v) is 7.59. The van der Waals surface area contributed by atoms with Gasteiger partial charge in [-0.25, -0.2) is 9.78 Å². The van der Waals surface area contributed by atoms with Gasteiger partial charge in [0.25, 0.3) is 5.91 Å². The second-order valence-corrected chi connectivity index (χ2v) is 9.91. The highest BCUT2D eigenvalue weighted by Crippen LogP contribution is 2.35. The zero-order valence-electron chi connectivity index (χ0n) is 20.5. The summed E-state index contributed by atoms with van der Waals surface area (Å²) in [6.07, 6.45) is 4.34. The van der Waals surface area contributed by atoms with Crippen LogP contribution >= 0.6 is 11.6 Å². The van der Waals surface area contributed by atoms with Gasteiger partial charge in [-0.3, -0.25) is 4.79 Å². The van der Waals surface area contributed by atoms with Gasteiger partial charge in [0.05, 0.1) is 5.02 Å². The number of benzene rings is 1. The number of hydrogen-bond donors (Lipinski definition) is 1. The van der Waals surface area contributed by atoms with Crippen molar-refractivity contribution in [1.82, 2.24) is 14.8 Å². The molecule has 1 aromatic heterocycles. The molecule has 5 rings (SSSR count). The van der Waals surface area contributed by atoms with E-state index in [0.717, 1.165) is 23.5 Å². The van der Waals surface area contributed by atoms with Crippen molar-refractivity contribution < 1.29 is 14.4 Å². The van der Waals surface area contributed by atoms with E-state index in [4.69, 9.17) is 16.4 Å². The van der Waals surface area contributed by atoms with Crippen LogP contribution in [0.4, 0.5) is 16.3 Å². The Kier molecular flexibility index (Phi) is 7.00. The minimum atomic E-state index is -0.508. The van der Waals surface area contributed by atoms with E-state index in [-0.39, 0.29) is 11.9 Å². The van der Waals surface area contributed by atoms with Crippen molar-refractivity contribution in [3.63, 3.8) is 0 Å². The number of aryl methyl sites for hydroxylation is 1. The summed E-state index contributed by atoms with van der Waals surface area (Å²) in [5.74, 6) is 0.677. The Morgan fingerprint density at radius 3 is 2.50 bits per heavy atom. The summed E-state index contributed by atoms with van der Waals surface area (Å²) in [4.78, 5) is 41.9. The molecule has 36 heavy (non-hydrogen) atoms. The van der Waals surface area contributed by atoms with Crippen LogP contribution in [-0.4, -0.2) is 77.3 Å². The number of nitrogens with zero attached hydrogens (tertiary/aromatic N) is 5. The van der Waals surface area contributed by atoms with Crippen LogP contribution in [0, 0.1) is 0 Å². The first kappa shape index (κ1) is 24.4. The van der Waals surface area contributed by atoms with Crippen LogP contribution in [0.1, 0.15) is 31.7 Å². The van der Waals surface area contributed by atoms with Gasteiger partial charge in [-0.05, 0) is 30.2 Å². The van der Waals surface area contributed by atoms with E-state index >= 15 is 0 Å². The van der Waals surface area contributed by atoms with Gasteiger partial charge in [-0.1, -0.05) is 41.9 Å². The number of anilines is 2. The first-order valence-electron chi connectivity index (χ1n) is 12.5. The monoisotopic (exact) mass is 510 g/mol. The Hall–Kier alpha value is -3.33. The third-order valence-electron chi connectivity index (χ3n) is 7.29. The van der Waals surface area contributed by atoms with Crippen LogP contribution < -0.4 is 10.2 Å². The fourth-order valence-corrected chi connectivity index (χ4v) is 5.32. The molecular formula is C26H31ClN6O3. The number of carbonyl (C=O) groups excluding carboxylic acids is 2. The highest BCUT2D eigenvalue weighted by molar-refractivity contribution is 6.39. The quantitative estimate of drug-likeness (QED) is 0.676. The molecule has 0 atom stereocenters. The van der Waals surface area contributed by atoms with E-state index in [1.165, 1.54) is 0 Å². The van der Waals surface area contributed by atoms with Crippen LogP contribution in [0.15, 0.2) is 47.8 Å². The molecule has 3 amide bonds. The van der Waals surface area contributed by atoms with Crippen molar-refractivity contribution in [2.75, 3.05) is 49.5 Å². The number of urea groups is 1. The topological polar surface area (TPSA) is 90.4 Å². The van der Waals surface area contributed by atoms with E-state index in [2.05, 4.69) is 27.3 Å². The van der Waals surface area contributed by atoms with E-state index in [1.807, 2.05) is 46.2 Å². The van der Waals surface area contributed by atoms with Crippen molar-refractivity contribution in [3.8, 4) is 0 Å². The van der Waals surface area contributed by atoms with Crippen LogP contribution in [0.3, 0.4) is 0 Å². The van der Waals surface area contributed by atoms with Crippen LogP contribution in [0.25, 0.3) is 0 Å². The van der Waals surface area contributed by atoms with Gasteiger partial charge in [-0.15, -0.1) is 0 Å². The molecule has 0 aliphatic carbocycles. The van der Waals surface area contributed by atoms with Crippen LogP contribution in [-0.2, 0) is 16.1 Å². The van der Waals surface area contributed by atoms with Crippen molar-refractivity contribution in [2.24, 2.45) is 5.16 Å². The summed E-state index contributed by atoms with van der Waals surface area (Å²) in [7, 11) is 0. The number of hydrogen-bond acceptors (Lipinski definition) is 6. The lowest BCUT2D eigenvalue weighted by Crippen LogP contribution is -2.52. The predicted octanol–water partition coefficient (Wildman–Crippen LogP) is 3.79. The molecule has 1 N–H and O–H groups in total. The zero-order valence-corrected chi connectivity index (χ0v) is 21.2. The Morgan fingerprint density at radius 1 is 1.03 bits per heavy atom. The van der Waals surface area contributed by atoms with Crippen molar-refractivity contribution in [2.45, 2.75) is 38.2 Å². The SMILES string of the molecule is CCc1ccccc1NC(=O)N1CCC2(CC1)CC(C(=O)N1CCN(c3ncccc3Cl)CC1)=NO2. The summed E-state index contributed by atoms with van der Waals surface area (Å²) in [5.41, 5.74) is 1.92. The highest BCUT2D eigenvalue weighted by Gasteiger charge is 2.45. The molecule has 0 bridgehead atoms. The molecule has 2 aromatic rings. The molecule has 3 aliphatic rings. The van der Waals surface area contributed by atoms with Gasteiger partial charge in [0.1, 0.15) is 17.1 Å². The second-order valence-electron chi connectivity index (χ2n) is 9.51. The zero-order chi connectivity index (χ0) is 25.1. The van der Waals surface area contributed by atoms with E-state index in [1.54, 1.807) is 6.20 Å². The molecule has 9 nitrogen and oxygen atoms in total. The maximum atomic E-state index is 13.2. The average molecular weight is 511 g/mol. The molecule has 2 fully saturated rings. The maximum Gasteiger partial charge on any atom is 0.321 e. The molecule has 3 aliphatic heterocycles. The molecule has 1 aromatic carbocycles. The van der Waals surface area contributed by atoms with Gasteiger partial charge in [0.15, 0.2) is 0 Å². The Morgan fingerprint density at radius 2 is 1.78 bits per heavy atom. The fraction of sp³-hybridized carbons (Fsp3) is 0.462. The van der Waals surface area contributed by atoms with Gasteiger partial charge in [-0.2, -0.15) is 0 Å². The normalized spacial score (nSPS) is 19.2. The number of oxime groups is 1. The van der Waals surface area contributed by atoms with Crippen LogP contribution in [0.5, 0.6) is 0 Å². The standard InChI is InChI=1S/C26H31ClN6O3/c1-2-19-6-3-4-8-21(19)29-25(35)33-12-9-26(10-13-33)18-22(30-36-26)24(34)32-16-14-31(15-17-32)23-20(27)7-5-11-28-23/h3-8,11H,2,9-10,12-18H2,1H3,(H,29,35). The van der Waals surface area contributed by atoms with Gasteiger partial charge in [0.2, 0.25) is 0 Å². The summed E-state index contributed by atoms with van der Waals surface area (Å²) >= 11 is 6.28. The number of pyridine rings is 1. The van der Waals surface area contributed by atoms with Crippen molar-refractivity contribution in [3.05, 3.63) is 53.2 Å². The smallest absolute Gasteiger partial charge is 0.321 e. The van der Waals surface area contributed by atoms with Crippen molar-refractivity contribution >= 4 is 40.8 Å². The number of aromatic nitrogens is 1. The lowest BCUT2D eigenvalue weighted by Gasteiger charge is -2.37. The molecule has 0 radical (unpaired) electrons. The Labute approximate surface area is 216 Å². The number of amides is 3. The number of carbonyl (C=O) groups is 2. The summed E-state index contributed by atoms with van der Waals surface area (Å²) in [5, 5.41) is 7.85. The molecule has 0 saturated carbocycles. The Balaban J connectivity index is 1.11. The van der Waals surface area contributed by atoms with Crippen LogP contribution in [0.2, 0.25) is 5.02 Å². The van der Waals surface area contributed by atoms with Gasteiger partial charge >= 0.3 is 6.03 Å². The molecular weight excluding hydrogens is 480 g/mol. The number of nitrogens with one attached hydrogen (secondary N) is 1. The number of halogens is 1. The number of piperazine rings is 1. The summed E-state index contributed by atoms with van der Waals surface area (Å²) in [6, 6.07) is 11.4. The molecule has 2 saturated heterocycles. The van der Waals surface area contributed by atoms with Gasteiger partial charge in [0, 0.05) is 70.4 Å². The van der Waals surface area contributed by atoms with Crippen molar-refractivity contribution in [1.29, 1.82) is 0 Å². The lowest BCUT2D eigenvalue weighted by molar-refractivity contribution is -0.124. The lowest BCUT2D eigenvalue weighted by atomic mass is 9.86. The number of rotatable bonds is 4. The van der Waals surface area contributed by atoms with E-state index < -0.39 is 5.60 Å². The largest absolute Gasteiger partial charge is 0.388 e. The molecule has 4 heterocycles. The summed E-state index contributed by atoms with van der Waals surface area (Å²) < 4.78 is 0. The first-order valence-corrected chi connectivity index (χ1v) is 12.9. The van der Waals surface area contributed by atoms with E-state index in [9.17, 15) is 9.59 Å². The number of likely N-dealkylation sites (tertiary alicyclic amines) is 1. The average Bonchev–Trinajstić information content (AvgIpc) is 3.32. The fourth-order valence-electron chi connectivity index (χ4n) is 5.08. The molecule has 10 heteroatoms. The maximum absolute atomic E-state index is 13.2. The number of para-hydroxylation sites is 1. The minimum absolute atomic E-state index is 0.0741. The molecule has 1 spiro atoms. The molecule has 0 unspecified atom stereocenters. The minimum Gasteiger partial charge on any atom is -0.388 e. The molecule has 190 valence electrons. The second kappa shape index (κ2) is 10.3. The first-order chi connectivity index (χ1) is 17.5. The Bertz CT molecular complexity index is 1160. The third kappa shape index (κ3) is 4.97. The highest BCUT2D eigenvalue weighted by atomic mass is 35.5. The number of piperidine rings is 1. The van der Waals surface area contributed by atoms with Gasteiger partial charge < -0.3 is 24.9 Å². The summed E-state index contributed by atoms with van der Waals surface area (Å²) in [6.45, 7) is 5.65.